The molecule has 0 aliphatic carbocycles. The maximum atomic E-state index is 8.86. The van der Waals surface area contributed by atoms with Crippen LogP contribution in [0.3, 0.4) is 0 Å². The second-order valence-corrected chi connectivity index (χ2v) is 8.17. The van der Waals surface area contributed by atoms with E-state index in [1.807, 2.05) is 0 Å². The van der Waals surface area contributed by atoms with Gasteiger partial charge in [0.2, 0.25) is 0 Å². The Balaban J connectivity index is 2.99. The Morgan fingerprint density at radius 2 is 0.800 bits per heavy atom. The molecule has 0 bridgehead atoms. The van der Waals surface area contributed by atoms with Crippen molar-refractivity contribution in [2.45, 2.75) is 96.8 Å². The van der Waals surface area contributed by atoms with E-state index in [2.05, 4.69) is 6.92 Å². The molecule has 4 heteroatoms. The number of rotatable bonds is 15. The second-order valence-electron chi connectivity index (χ2n) is 6.12. The molecule has 0 unspecified atom stereocenters. The molecule has 20 heavy (non-hydrogen) atoms. The van der Waals surface area contributed by atoms with E-state index in [1.54, 1.807) is 0 Å². The van der Waals surface area contributed by atoms with Gasteiger partial charge in [-0.3, -0.25) is 0 Å². The van der Waals surface area contributed by atoms with Gasteiger partial charge in [0.05, 0.1) is 0 Å². The number of unbranched alkanes of at least 4 members (excludes halogenated alkanes) is 13. The van der Waals surface area contributed by atoms with E-state index in [4.69, 9.17) is 14.7 Å². The summed E-state index contributed by atoms with van der Waals surface area (Å²) < 4.78 is 0. The molecule has 0 rings (SSSR count). The van der Waals surface area contributed by atoms with Crippen LogP contribution in [0.4, 0.5) is 0 Å². The number of hydrogen-bond acceptors (Lipinski definition) is 3. The molecule has 0 fully saturated rings. The van der Waals surface area contributed by atoms with Crippen molar-refractivity contribution >= 4 is 7.94 Å². The SMILES string of the molecule is CCCCCCCCCCCCCCCC[PH](O)(O)O. The quantitative estimate of drug-likeness (QED) is 0.297. The molecule has 0 saturated carbocycles. The summed E-state index contributed by atoms with van der Waals surface area (Å²) >= 11 is 0. The van der Waals surface area contributed by atoms with E-state index >= 15 is 0 Å². The summed E-state index contributed by atoms with van der Waals surface area (Å²) in [6.45, 7) is 2.26. The maximum absolute atomic E-state index is 8.86. The molecule has 0 spiro atoms. The molecule has 0 aromatic carbocycles. The third-order valence-electron chi connectivity index (χ3n) is 3.87. The van der Waals surface area contributed by atoms with Gasteiger partial charge in [-0.05, 0) is 0 Å². The van der Waals surface area contributed by atoms with Crippen molar-refractivity contribution in [2.75, 3.05) is 6.16 Å². The zero-order valence-electron chi connectivity index (χ0n) is 13.4. The van der Waals surface area contributed by atoms with Crippen LogP contribution in [0.2, 0.25) is 0 Å². The van der Waals surface area contributed by atoms with Crippen molar-refractivity contribution in [3.8, 4) is 0 Å². The minimum absolute atomic E-state index is 0.199. The van der Waals surface area contributed by atoms with E-state index < -0.39 is 7.94 Å². The second kappa shape index (κ2) is 14.3. The van der Waals surface area contributed by atoms with Crippen molar-refractivity contribution < 1.29 is 14.7 Å². The minimum atomic E-state index is -3.76. The molecule has 3 N–H and O–H groups in total. The molecule has 0 amide bonds. The van der Waals surface area contributed by atoms with Crippen LogP contribution >= 0.6 is 7.94 Å². The summed E-state index contributed by atoms with van der Waals surface area (Å²) in [5.74, 6) is 0. The van der Waals surface area contributed by atoms with Crippen LogP contribution in [0.25, 0.3) is 0 Å². The Hall–Kier alpha value is 0.310. The van der Waals surface area contributed by atoms with Gasteiger partial charge in [0.25, 0.3) is 0 Å². The first-order valence-corrected chi connectivity index (χ1v) is 10.8. The van der Waals surface area contributed by atoms with Crippen LogP contribution in [0, 0.1) is 0 Å². The van der Waals surface area contributed by atoms with Crippen LogP contribution in [0.1, 0.15) is 96.8 Å². The van der Waals surface area contributed by atoms with Crippen LogP contribution in [-0.2, 0) is 0 Å². The van der Waals surface area contributed by atoms with E-state index in [0.29, 0.717) is 0 Å². The molecule has 0 aliphatic rings. The van der Waals surface area contributed by atoms with Gasteiger partial charge in [0.1, 0.15) is 0 Å². The summed E-state index contributed by atoms with van der Waals surface area (Å²) in [6.07, 6.45) is 18.1. The van der Waals surface area contributed by atoms with Gasteiger partial charge in [-0.2, -0.15) is 0 Å². The van der Waals surface area contributed by atoms with Crippen LogP contribution in [0.5, 0.6) is 0 Å². The first-order valence-electron chi connectivity index (χ1n) is 8.73. The van der Waals surface area contributed by atoms with Crippen LogP contribution in [-0.4, -0.2) is 20.8 Å². The van der Waals surface area contributed by atoms with E-state index in [0.717, 1.165) is 19.3 Å². The van der Waals surface area contributed by atoms with E-state index in [1.165, 1.54) is 70.6 Å². The summed E-state index contributed by atoms with van der Waals surface area (Å²) in [5.41, 5.74) is 0. The Bertz CT molecular complexity index is 193. The Morgan fingerprint density at radius 1 is 0.500 bits per heavy atom. The first-order chi connectivity index (χ1) is 9.56. The van der Waals surface area contributed by atoms with Gasteiger partial charge in [-0.25, -0.2) is 0 Å². The standard InChI is InChI=1S/C16H37O3P/c1-2-3-4-5-6-7-8-9-10-11-12-13-14-15-16-20(17,18)19/h17-20H,2-16H2,1H3. The summed E-state index contributed by atoms with van der Waals surface area (Å²) in [6, 6.07) is 0. The molecule has 0 radical (unpaired) electrons. The van der Waals surface area contributed by atoms with Gasteiger partial charge in [0, 0.05) is 0 Å². The van der Waals surface area contributed by atoms with Crippen molar-refractivity contribution in [3.63, 3.8) is 0 Å². The van der Waals surface area contributed by atoms with Crippen molar-refractivity contribution in [1.82, 2.24) is 0 Å². The van der Waals surface area contributed by atoms with Gasteiger partial charge in [-0.1, -0.05) is 26.2 Å². The van der Waals surface area contributed by atoms with Gasteiger partial charge in [0.15, 0.2) is 0 Å². The molecule has 0 aromatic heterocycles. The molecule has 0 aliphatic heterocycles. The average Bonchev–Trinajstić information content (AvgIpc) is 2.38. The third kappa shape index (κ3) is 18.3. The normalized spacial score (nSPS) is 12.8. The summed E-state index contributed by atoms with van der Waals surface area (Å²) in [5, 5.41) is 0. The molecule has 0 aromatic rings. The molecular weight excluding hydrogens is 271 g/mol. The Kier molecular flexibility index (Phi) is 14.5. The van der Waals surface area contributed by atoms with Gasteiger partial charge < -0.3 is 0 Å². The molecule has 0 heterocycles. The number of hydrogen-bond donors (Lipinski definition) is 3. The van der Waals surface area contributed by atoms with Crippen LogP contribution in [0.15, 0.2) is 0 Å². The van der Waals surface area contributed by atoms with E-state index in [9.17, 15) is 0 Å². The summed E-state index contributed by atoms with van der Waals surface area (Å²) in [7, 11) is -3.76. The fraction of sp³-hybridized carbons (Fsp3) is 1.00. The monoisotopic (exact) mass is 308 g/mol. The third-order valence-corrected chi connectivity index (χ3v) is 4.89. The molecule has 0 saturated heterocycles. The van der Waals surface area contributed by atoms with Crippen molar-refractivity contribution in [3.05, 3.63) is 0 Å². The van der Waals surface area contributed by atoms with Crippen molar-refractivity contribution in [1.29, 1.82) is 0 Å². The fourth-order valence-electron chi connectivity index (χ4n) is 2.56. The van der Waals surface area contributed by atoms with Crippen molar-refractivity contribution in [2.24, 2.45) is 0 Å². The zero-order valence-corrected chi connectivity index (χ0v) is 14.4. The van der Waals surface area contributed by atoms with Gasteiger partial charge in [-0.15, -0.1) is 0 Å². The Labute approximate surface area is 126 Å². The van der Waals surface area contributed by atoms with Crippen LogP contribution < -0.4 is 0 Å². The zero-order chi connectivity index (χ0) is 15.1. The molecule has 124 valence electrons. The predicted molar refractivity (Wildman–Crippen MR) is 90.2 cm³/mol. The molecule has 3 nitrogen and oxygen atoms in total. The van der Waals surface area contributed by atoms with Gasteiger partial charge >= 0.3 is 99.4 Å². The molecule has 0 atom stereocenters. The summed E-state index contributed by atoms with van der Waals surface area (Å²) in [4.78, 5) is 26.6. The fourth-order valence-corrected chi connectivity index (χ4v) is 3.28. The average molecular weight is 308 g/mol. The molecular formula is C16H37O3P. The first kappa shape index (κ1) is 20.3. The Morgan fingerprint density at radius 3 is 1.10 bits per heavy atom. The van der Waals surface area contributed by atoms with E-state index in [-0.39, 0.29) is 6.16 Å². The topological polar surface area (TPSA) is 60.7 Å². The predicted octanol–water partition coefficient (Wildman–Crippen LogP) is 4.94.